The molecule has 1 aliphatic heterocycles. The topological polar surface area (TPSA) is 43.4 Å². The number of Topliss-reactive ketones (excluding diaryl/α,β-unsaturated/α-hetero) is 2. The number of hydrogen-bond acceptors (Lipinski definition) is 3. The highest BCUT2D eigenvalue weighted by Gasteiger charge is 2.37. The molecule has 0 spiro atoms. The fourth-order valence-electron chi connectivity index (χ4n) is 3.59. The molecule has 1 aliphatic carbocycles. The predicted molar refractivity (Wildman–Crippen MR) is 88.8 cm³/mol. The number of carbonyl (C=O) groups excluding carboxylic acids is 2. The van der Waals surface area contributed by atoms with Crippen LogP contribution in [0, 0.1) is 19.8 Å². The Morgan fingerprint density at radius 2 is 1.74 bits per heavy atom. The van der Waals surface area contributed by atoms with Gasteiger partial charge in [0.25, 0.3) is 0 Å². The van der Waals surface area contributed by atoms with Crippen LogP contribution in [0.1, 0.15) is 45.2 Å². The lowest BCUT2D eigenvalue weighted by molar-refractivity contribution is 0.0785. The molecule has 3 heteroatoms. The Bertz CT molecular complexity index is 918. The molecule has 23 heavy (non-hydrogen) atoms. The quantitative estimate of drug-likeness (QED) is 0.734. The second-order valence-corrected chi connectivity index (χ2v) is 6.68. The zero-order valence-corrected chi connectivity index (χ0v) is 13.5. The Hall–Kier alpha value is -2.42. The van der Waals surface area contributed by atoms with Crippen molar-refractivity contribution in [1.82, 2.24) is 0 Å². The zero-order valence-electron chi connectivity index (χ0n) is 13.5. The molecule has 0 N–H and O–H groups in total. The van der Waals surface area contributed by atoms with E-state index in [-0.39, 0.29) is 23.2 Å². The van der Waals surface area contributed by atoms with Crippen LogP contribution in [-0.2, 0) is 4.74 Å². The minimum absolute atomic E-state index is 0.0544. The van der Waals surface area contributed by atoms with Gasteiger partial charge in [0.05, 0.1) is 6.61 Å². The molecule has 1 atom stereocenters. The molecule has 4 rings (SSSR count). The standard InChI is InChI=1S/C20H18O3/c1-10-8-16-18(21)15-7-6-13-12(3)11(2)4-5-14(13)17(15)19(22)20(16)23-9-10/h4-7,10H,8-9H2,1-3H3/t10-/m1/s1. The Balaban J connectivity index is 2.02. The molecule has 3 nitrogen and oxygen atoms in total. The minimum atomic E-state index is -0.143. The third-order valence-electron chi connectivity index (χ3n) is 5.03. The van der Waals surface area contributed by atoms with Crippen molar-refractivity contribution in [3.8, 4) is 0 Å². The van der Waals surface area contributed by atoms with E-state index in [4.69, 9.17) is 4.74 Å². The van der Waals surface area contributed by atoms with Crippen molar-refractivity contribution in [1.29, 1.82) is 0 Å². The van der Waals surface area contributed by atoms with Crippen LogP contribution in [-0.4, -0.2) is 18.2 Å². The smallest absolute Gasteiger partial charge is 0.229 e. The molecule has 116 valence electrons. The van der Waals surface area contributed by atoms with Crippen molar-refractivity contribution in [2.75, 3.05) is 6.61 Å². The van der Waals surface area contributed by atoms with E-state index in [2.05, 4.69) is 0 Å². The van der Waals surface area contributed by atoms with Gasteiger partial charge in [0.1, 0.15) is 0 Å². The zero-order chi connectivity index (χ0) is 16.3. The van der Waals surface area contributed by atoms with E-state index in [0.29, 0.717) is 29.7 Å². The maximum absolute atomic E-state index is 13.0. The SMILES string of the molecule is Cc1ccc2c3c(ccc2c1C)C(=O)C1=C(OC[C@H](C)C1)C3=O. The number of ketones is 2. The van der Waals surface area contributed by atoms with E-state index < -0.39 is 0 Å². The average molecular weight is 306 g/mol. The highest BCUT2D eigenvalue weighted by atomic mass is 16.5. The van der Waals surface area contributed by atoms with Crippen LogP contribution in [0.15, 0.2) is 35.6 Å². The lowest BCUT2D eigenvalue weighted by Gasteiger charge is -2.28. The van der Waals surface area contributed by atoms with Crippen LogP contribution in [0.4, 0.5) is 0 Å². The van der Waals surface area contributed by atoms with Gasteiger partial charge in [0.2, 0.25) is 5.78 Å². The Kier molecular flexibility index (Phi) is 2.95. The summed E-state index contributed by atoms with van der Waals surface area (Å²) in [6.07, 6.45) is 0.615. The molecule has 0 bridgehead atoms. The first kappa shape index (κ1) is 14.2. The summed E-state index contributed by atoms with van der Waals surface area (Å²) in [4.78, 5) is 25.8. The number of carbonyl (C=O) groups is 2. The second-order valence-electron chi connectivity index (χ2n) is 6.68. The van der Waals surface area contributed by atoms with Crippen LogP contribution in [0.25, 0.3) is 10.8 Å². The van der Waals surface area contributed by atoms with Crippen LogP contribution >= 0.6 is 0 Å². The molecule has 2 aromatic rings. The molecule has 0 amide bonds. The number of aryl methyl sites for hydroxylation is 2. The molecule has 0 aromatic heterocycles. The molecule has 0 radical (unpaired) electrons. The monoisotopic (exact) mass is 306 g/mol. The fourth-order valence-corrected chi connectivity index (χ4v) is 3.59. The van der Waals surface area contributed by atoms with E-state index in [9.17, 15) is 9.59 Å². The van der Waals surface area contributed by atoms with Crippen molar-refractivity contribution >= 4 is 22.3 Å². The summed E-state index contributed by atoms with van der Waals surface area (Å²) in [5, 5.41) is 1.87. The van der Waals surface area contributed by atoms with Crippen molar-refractivity contribution < 1.29 is 14.3 Å². The van der Waals surface area contributed by atoms with Crippen LogP contribution < -0.4 is 0 Å². The first-order valence-electron chi connectivity index (χ1n) is 7.97. The maximum atomic E-state index is 13.0. The highest BCUT2D eigenvalue weighted by molar-refractivity contribution is 6.30. The van der Waals surface area contributed by atoms with E-state index in [0.717, 1.165) is 16.3 Å². The summed E-state index contributed by atoms with van der Waals surface area (Å²) >= 11 is 0. The van der Waals surface area contributed by atoms with Gasteiger partial charge in [-0.05, 0) is 54.2 Å². The normalized spacial score (nSPS) is 20.4. The summed E-state index contributed by atoms with van der Waals surface area (Å²) in [5.74, 6) is 0.334. The van der Waals surface area contributed by atoms with Crippen molar-refractivity contribution in [2.24, 2.45) is 5.92 Å². The highest BCUT2D eigenvalue weighted by Crippen LogP contribution is 2.38. The lowest BCUT2D eigenvalue weighted by atomic mass is 9.80. The second kappa shape index (κ2) is 4.79. The van der Waals surface area contributed by atoms with Gasteiger partial charge >= 0.3 is 0 Å². The summed E-state index contributed by atoms with van der Waals surface area (Å²) in [6.45, 7) is 6.62. The fraction of sp³-hybridized carbons (Fsp3) is 0.300. The van der Waals surface area contributed by atoms with Crippen molar-refractivity contribution in [3.63, 3.8) is 0 Å². The molecule has 0 fully saturated rings. The third kappa shape index (κ3) is 1.89. The molecule has 0 saturated heterocycles. The molecule has 1 heterocycles. The van der Waals surface area contributed by atoms with Gasteiger partial charge in [0, 0.05) is 16.7 Å². The number of ether oxygens (including phenoxy) is 1. The van der Waals surface area contributed by atoms with Gasteiger partial charge in [0.15, 0.2) is 11.5 Å². The predicted octanol–water partition coefficient (Wildman–Crippen LogP) is 4.15. The molecule has 0 saturated carbocycles. The lowest BCUT2D eigenvalue weighted by Crippen LogP contribution is -2.29. The first-order valence-corrected chi connectivity index (χ1v) is 7.97. The Morgan fingerprint density at radius 1 is 1.00 bits per heavy atom. The van der Waals surface area contributed by atoms with E-state index in [1.54, 1.807) is 6.07 Å². The van der Waals surface area contributed by atoms with Gasteiger partial charge < -0.3 is 4.74 Å². The van der Waals surface area contributed by atoms with Gasteiger partial charge in [-0.3, -0.25) is 9.59 Å². The van der Waals surface area contributed by atoms with E-state index in [1.807, 2.05) is 39.0 Å². The van der Waals surface area contributed by atoms with Crippen LogP contribution in [0.3, 0.4) is 0 Å². The maximum Gasteiger partial charge on any atom is 0.229 e. The largest absolute Gasteiger partial charge is 0.489 e. The number of hydrogen-bond donors (Lipinski definition) is 0. The minimum Gasteiger partial charge on any atom is -0.489 e. The van der Waals surface area contributed by atoms with Crippen LogP contribution in [0.2, 0.25) is 0 Å². The molecule has 0 unspecified atom stereocenters. The summed E-state index contributed by atoms with van der Waals surface area (Å²) in [5.41, 5.74) is 3.88. The number of benzene rings is 2. The van der Waals surface area contributed by atoms with Crippen LogP contribution in [0.5, 0.6) is 0 Å². The molecular weight excluding hydrogens is 288 g/mol. The third-order valence-corrected chi connectivity index (χ3v) is 5.03. The number of fused-ring (bicyclic) bond motifs is 3. The summed E-state index contributed by atoms with van der Waals surface area (Å²) < 4.78 is 5.65. The molecular formula is C20H18O3. The number of rotatable bonds is 0. The van der Waals surface area contributed by atoms with Gasteiger partial charge in [-0.25, -0.2) is 0 Å². The molecule has 2 aromatic carbocycles. The van der Waals surface area contributed by atoms with Crippen molar-refractivity contribution in [2.45, 2.75) is 27.2 Å². The van der Waals surface area contributed by atoms with Crippen molar-refractivity contribution in [3.05, 3.63) is 57.9 Å². The average Bonchev–Trinajstić information content (AvgIpc) is 2.55. The van der Waals surface area contributed by atoms with Gasteiger partial charge in [-0.2, -0.15) is 0 Å². The van der Waals surface area contributed by atoms with E-state index in [1.165, 1.54) is 5.56 Å². The Morgan fingerprint density at radius 3 is 2.52 bits per heavy atom. The van der Waals surface area contributed by atoms with Gasteiger partial charge in [-0.15, -0.1) is 0 Å². The van der Waals surface area contributed by atoms with Gasteiger partial charge in [-0.1, -0.05) is 25.1 Å². The summed E-state index contributed by atoms with van der Waals surface area (Å²) in [6, 6.07) is 7.70. The first-order chi connectivity index (χ1) is 11.0. The van der Waals surface area contributed by atoms with E-state index >= 15 is 0 Å². The summed E-state index contributed by atoms with van der Waals surface area (Å²) in [7, 11) is 0. The molecule has 2 aliphatic rings. The number of allylic oxidation sites excluding steroid dienone is 2. The Labute approximate surface area is 134 Å².